The highest BCUT2D eigenvalue weighted by Gasteiger charge is 2.69. The summed E-state index contributed by atoms with van der Waals surface area (Å²) < 4.78 is 5.28. The van der Waals surface area contributed by atoms with E-state index in [-0.39, 0.29) is 5.97 Å². The Balaban J connectivity index is 1.77. The van der Waals surface area contributed by atoms with Gasteiger partial charge in [-0.15, -0.1) is 0 Å². The molecular weight excluding hydrogens is 140 g/mol. The molecule has 4 saturated carbocycles. The van der Waals surface area contributed by atoms with Crippen molar-refractivity contribution in [2.45, 2.75) is 25.9 Å². The maximum Gasteiger partial charge on any atom is 0.302 e. The van der Waals surface area contributed by atoms with Gasteiger partial charge in [-0.3, -0.25) is 4.79 Å². The van der Waals surface area contributed by atoms with Crippen molar-refractivity contribution in [3.63, 3.8) is 0 Å². The summed E-state index contributed by atoms with van der Waals surface area (Å²) in [6, 6.07) is 0. The standard InChI is InChI=1S/C9H12O2/c1-4(10)11-9-5-2-6-7(3-5)8(6)9/h5-9H,2-3H2,1H3/t5?,6-,7?,8?,9?/m0/s1. The molecule has 0 aliphatic heterocycles. The van der Waals surface area contributed by atoms with Gasteiger partial charge in [0.05, 0.1) is 0 Å². The summed E-state index contributed by atoms with van der Waals surface area (Å²) in [5, 5.41) is 0. The van der Waals surface area contributed by atoms with E-state index < -0.39 is 0 Å². The smallest absolute Gasteiger partial charge is 0.302 e. The van der Waals surface area contributed by atoms with E-state index in [1.165, 1.54) is 19.8 Å². The van der Waals surface area contributed by atoms with Crippen LogP contribution in [0.4, 0.5) is 0 Å². The number of rotatable bonds is 1. The molecule has 0 saturated heterocycles. The molecule has 4 aliphatic carbocycles. The van der Waals surface area contributed by atoms with Crippen LogP contribution >= 0.6 is 0 Å². The normalized spacial score (nSPS) is 56.3. The maximum absolute atomic E-state index is 10.7. The molecule has 4 rings (SSSR count). The Kier molecular flexibility index (Phi) is 0.890. The van der Waals surface area contributed by atoms with Crippen LogP contribution in [0.2, 0.25) is 0 Å². The van der Waals surface area contributed by atoms with Gasteiger partial charge in [0.1, 0.15) is 6.10 Å². The third-order valence-electron chi connectivity index (χ3n) is 3.69. The van der Waals surface area contributed by atoms with E-state index in [0.717, 1.165) is 23.7 Å². The Morgan fingerprint density at radius 1 is 1.36 bits per heavy atom. The minimum Gasteiger partial charge on any atom is -0.462 e. The van der Waals surface area contributed by atoms with Gasteiger partial charge in [0, 0.05) is 12.8 Å². The number of esters is 1. The Morgan fingerprint density at radius 3 is 2.36 bits per heavy atom. The summed E-state index contributed by atoms with van der Waals surface area (Å²) in [6.45, 7) is 1.52. The van der Waals surface area contributed by atoms with Crippen LogP contribution in [0.5, 0.6) is 0 Å². The Bertz CT molecular complexity index is 210. The lowest BCUT2D eigenvalue weighted by Crippen LogP contribution is -2.19. The SMILES string of the molecule is CC(=O)OC1C2CC3C1[C@H]3C2. The van der Waals surface area contributed by atoms with Crippen molar-refractivity contribution in [3.05, 3.63) is 0 Å². The topological polar surface area (TPSA) is 26.3 Å². The van der Waals surface area contributed by atoms with Gasteiger partial charge < -0.3 is 4.74 Å². The minimum atomic E-state index is -0.0896. The van der Waals surface area contributed by atoms with Crippen molar-refractivity contribution in [1.82, 2.24) is 0 Å². The lowest BCUT2D eigenvalue weighted by molar-refractivity contribution is -0.148. The molecule has 4 aliphatic rings. The Hall–Kier alpha value is -0.530. The summed E-state index contributed by atoms with van der Waals surface area (Å²) in [4.78, 5) is 10.7. The van der Waals surface area contributed by atoms with E-state index in [1.807, 2.05) is 0 Å². The molecule has 0 aromatic rings. The lowest BCUT2D eigenvalue weighted by atomic mass is 10.1. The molecule has 0 radical (unpaired) electrons. The van der Waals surface area contributed by atoms with Crippen LogP contribution in [0, 0.1) is 23.7 Å². The molecule has 4 bridgehead atoms. The van der Waals surface area contributed by atoms with Crippen LogP contribution in [-0.2, 0) is 9.53 Å². The predicted octanol–water partition coefficient (Wildman–Crippen LogP) is 1.20. The largest absolute Gasteiger partial charge is 0.462 e. The highest BCUT2D eigenvalue weighted by molar-refractivity contribution is 5.66. The molecule has 4 unspecified atom stereocenters. The highest BCUT2D eigenvalue weighted by Crippen LogP contribution is 2.71. The van der Waals surface area contributed by atoms with E-state index in [4.69, 9.17) is 4.74 Å². The van der Waals surface area contributed by atoms with Gasteiger partial charge in [0.25, 0.3) is 0 Å². The van der Waals surface area contributed by atoms with Crippen molar-refractivity contribution < 1.29 is 9.53 Å². The monoisotopic (exact) mass is 152 g/mol. The fourth-order valence-corrected chi connectivity index (χ4v) is 3.37. The molecule has 2 nitrogen and oxygen atoms in total. The third-order valence-corrected chi connectivity index (χ3v) is 3.69. The molecule has 11 heavy (non-hydrogen) atoms. The fourth-order valence-electron chi connectivity index (χ4n) is 3.37. The second-order valence-corrected chi connectivity index (χ2v) is 4.21. The molecule has 2 heteroatoms. The van der Waals surface area contributed by atoms with E-state index in [9.17, 15) is 4.79 Å². The fraction of sp³-hybridized carbons (Fsp3) is 0.889. The number of ether oxygens (including phenoxy) is 1. The third kappa shape index (κ3) is 0.608. The van der Waals surface area contributed by atoms with Crippen molar-refractivity contribution >= 4 is 5.97 Å². The predicted molar refractivity (Wildman–Crippen MR) is 38.7 cm³/mol. The average Bonchev–Trinajstić information content (AvgIpc) is 2.30. The molecule has 0 aromatic heterocycles. The highest BCUT2D eigenvalue weighted by atomic mass is 16.5. The Morgan fingerprint density at radius 2 is 2.00 bits per heavy atom. The molecule has 0 amide bonds. The van der Waals surface area contributed by atoms with Crippen LogP contribution in [0.3, 0.4) is 0 Å². The first-order valence-electron chi connectivity index (χ1n) is 4.44. The van der Waals surface area contributed by atoms with E-state index in [1.54, 1.807) is 0 Å². The Labute approximate surface area is 65.9 Å². The first-order chi connectivity index (χ1) is 5.27. The summed E-state index contributed by atoms with van der Waals surface area (Å²) in [5.74, 6) is 3.32. The van der Waals surface area contributed by atoms with Gasteiger partial charge in [-0.2, -0.15) is 0 Å². The van der Waals surface area contributed by atoms with Gasteiger partial charge in [0.2, 0.25) is 0 Å². The number of carbonyl (C=O) groups is 1. The lowest BCUT2D eigenvalue weighted by Gasteiger charge is -2.13. The molecule has 0 heterocycles. The van der Waals surface area contributed by atoms with Crippen LogP contribution in [-0.4, -0.2) is 12.1 Å². The van der Waals surface area contributed by atoms with Gasteiger partial charge in [0.15, 0.2) is 0 Å². The average molecular weight is 152 g/mol. The van der Waals surface area contributed by atoms with Crippen molar-refractivity contribution in [2.24, 2.45) is 23.7 Å². The van der Waals surface area contributed by atoms with E-state index in [2.05, 4.69) is 0 Å². The molecular formula is C9H12O2. The molecule has 0 aromatic carbocycles. The summed E-state index contributed by atoms with van der Waals surface area (Å²) in [6.07, 6.45) is 3.00. The molecule has 60 valence electrons. The van der Waals surface area contributed by atoms with Crippen molar-refractivity contribution in [2.75, 3.05) is 0 Å². The number of carbonyl (C=O) groups excluding carboxylic acids is 1. The van der Waals surface area contributed by atoms with Gasteiger partial charge in [-0.25, -0.2) is 0 Å². The zero-order valence-corrected chi connectivity index (χ0v) is 6.62. The summed E-state index contributed by atoms with van der Waals surface area (Å²) in [7, 11) is 0. The zero-order chi connectivity index (χ0) is 7.59. The number of hydrogen-bond donors (Lipinski definition) is 0. The summed E-state index contributed by atoms with van der Waals surface area (Å²) >= 11 is 0. The van der Waals surface area contributed by atoms with E-state index in [0.29, 0.717) is 6.10 Å². The molecule has 4 fully saturated rings. The van der Waals surface area contributed by atoms with Crippen LogP contribution in [0.1, 0.15) is 19.8 Å². The first kappa shape index (κ1) is 6.04. The minimum absolute atomic E-state index is 0.0896. The summed E-state index contributed by atoms with van der Waals surface area (Å²) in [5.41, 5.74) is 0. The van der Waals surface area contributed by atoms with Gasteiger partial charge in [-0.1, -0.05) is 0 Å². The van der Waals surface area contributed by atoms with Crippen molar-refractivity contribution in [3.8, 4) is 0 Å². The maximum atomic E-state index is 10.7. The van der Waals surface area contributed by atoms with Gasteiger partial charge >= 0.3 is 5.97 Å². The molecule has 5 atom stereocenters. The van der Waals surface area contributed by atoms with E-state index >= 15 is 0 Å². The second-order valence-electron chi connectivity index (χ2n) is 4.21. The molecule has 0 N–H and O–H groups in total. The first-order valence-corrected chi connectivity index (χ1v) is 4.44. The van der Waals surface area contributed by atoms with Crippen LogP contribution in [0.15, 0.2) is 0 Å². The zero-order valence-electron chi connectivity index (χ0n) is 6.62. The quantitative estimate of drug-likeness (QED) is 0.528. The van der Waals surface area contributed by atoms with Crippen molar-refractivity contribution in [1.29, 1.82) is 0 Å². The number of hydrogen-bond acceptors (Lipinski definition) is 2. The van der Waals surface area contributed by atoms with Gasteiger partial charge in [-0.05, 0) is 30.6 Å². The van der Waals surface area contributed by atoms with Crippen LogP contribution in [0.25, 0.3) is 0 Å². The van der Waals surface area contributed by atoms with Crippen LogP contribution < -0.4 is 0 Å². The molecule has 0 spiro atoms. The second kappa shape index (κ2) is 1.62.